The van der Waals surface area contributed by atoms with Crippen LogP contribution in [0.15, 0.2) is 30.8 Å². The predicted octanol–water partition coefficient (Wildman–Crippen LogP) is 4.31. The third-order valence-corrected chi connectivity index (χ3v) is 1.59. The van der Waals surface area contributed by atoms with Crippen LogP contribution in [0.5, 0.6) is 0 Å². The summed E-state index contributed by atoms with van der Waals surface area (Å²) in [4.78, 5) is 0. The molecule has 0 aromatic heterocycles. The first kappa shape index (κ1) is 12.0. The number of hydrogen-bond acceptors (Lipinski definition) is 0. The third-order valence-electron chi connectivity index (χ3n) is 1.59. The minimum absolute atomic E-state index is 1.10. The van der Waals surface area contributed by atoms with Crippen LogP contribution < -0.4 is 0 Å². The quantitative estimate of drug-likeness (QED) is 0.630. The van der Waals surface area contributed by atoms with Crippen LogP contribution in [0.2, 0.25) is 0 Å². The van der Waals surface area contributed by atoms with Gasteiger partial charge in [-0.2, -0.15) is 0 Å². The Morgan fingerprint density at radius 1 is 1.23 bits per heavy atom. The van der Waals surface area contributed by atoms with Gasteiger partial charge in [0.25, 0.3) is 0 Å². The molecule has 0 nitrogen and oxygen atoms in total. The fourth-order valence-electron chi connectivity index (χ4n) is 0.940. The Morgan fingerprint density at radius 2 is 1.85 bits per heavy atom. The first-order valence-corrected chi connectivity index (χ1v) is 4.99. The average molecular weight is 176 g/mol. The molecule has 0 saturated carbocycles. The average Bonchev–Trinajstić information content (AvgIpc) is 2.19. The summed E-state index contributed by atoms with van der Waals surface area (Å²) in [5.74, 6) is 0. The van der Waals surface area contributed by atoms with Gasteiger partial charge in [0, 0.05) is 0 Å². The van der Waals surface area contributed by atoms with E-state index in [9.17, 15) is 0 Å². The van der Waals surface area contributed by atoms with Crippen molar-refractivity contribution in [3.63, 3.8) is 0 Å². The fourth-order valence-corrected chi connectivity index (χ4v) is 0.940. The highest BCUT2D eigenvalue weighted by molar-refractivity contribution is 5.47. The topological polar surface area (TPSA) is 0 Å². The minimum atomic E-state index is 1.10. The van der Waals surface area contributed by atoms with Gasteiger partial charge in [0.1, 0.15) is 0 Å². The molecule has 0 amide bonds. The zero-order valence-corrected chi connectivity index (χ0v) is 9.01. The minimum Gasteiger partial charge on any atom is -0.0985 e. The highest BCUT2D eigenvalue weighted by atomic mass is 13.9. The molecule has 0 unspecified atom stereocenters. The molecule has 0 aliphatic rings. The monoisotopic (exact) mass is 176 g/mol. The number of benzene rings is 1. The molecule has 1 aromatic carbocycles. The Kier molecular flexibility index (Phi) is 6.99. The normalized spacial score (nSPS) is 8.54. The molecular weight excluding hydrogens is 156 g/mol. The molecule has 1 rings (SSSR count). The summed E-state index contributed by atoms with van der Waals surface area (Å²) in [5.41, 5.74) is 2.58. The lowest BCUT2D eigenvalue weighted by Gasteiger charge is -1.96. The van der Waals surface area contributed by atoms with E-state index < -0.39 is 0 Å². The van der Waals surface area contributed by atoms with Gasteiger partial charge in [0.15, 0.2) is 0 Å². The first-order chi connectivity index (χ1) is 6.28. The third kappa shape index (κ3) is 5.24. The molecule has 0 N–H and O–H groups in total. The zero-order chi connectivity index (χ0) is 10.1. The van der Waals surface area contributed by atoms with Crippen molar-refractivity contribution in [1.82, 2.24) is 0 Å². The maximum atomic E-state index is 3.71. The second kappa shape index (κ2) is 7.60. The standard InChI is InChI=1S/C10H12.C3H8/c1-3-9-6-5-7-10(4-2)8-9;1-3-2/h3,5-8H,1,4H2,2H3;3H2,1-2H3. The van der Waals surface area contributed by atoms with Gasteiger partial charge in [0.05, 0.1) is 0 Å². The Hall–Kier alpha value is -1.04. The van der Waals surface area contributed by atoms with E-state index in [4.69, 9.17) is 0 Å². The molecule has 0 bridgehead atoms. The van der Waals surface area contributed by atoms with Crippen LogP contribution in [0.3, 0.4) is 0 Å². The Morgan fingerprint density at radius 3 is 2.31 bits per heavy atom. The molecule has 0 aliphatic carbocycles. The molecule has 0 heteroatoms. The maximum Gasteiger partial charge on any atom is -0.0260 e. The summed E-state index contributed by atoms with van der Waals surface area (Å²) < 4.78 is 0. The molecule has 0 radical (unpaired) electrons. The lowest BCUT2D eigenvalue weighted by molar-refractivity contribution is 1.09. The van der Waals surface area contributed by atoms with Crippen molar-refractivity contribution in [1.29, 1.82) is 0 Å². The molecule has 0 atom stereocenters. The molecule has 72 valence electrons. The molecule has 0 heterocycles. The van der Waals surface area contributed by atoms with Crippen LogP contribution in [0, 0.1) is 0 Å². The van der Waals surface area contributed by atoms with Gasteiger partial charge < -0.3 is 0 Å². The molecule has 1 aromatic rings. The van der Waals surface area contributed by atoms with Gasteiger partial charge in [-0.05, 0) is 17.5 Å². The largest absolute Gasteiger partial charge is 0.0985 e. The van der Waals surface area contributed by atoms with Gasteiger partial charge in [-0.25, -0.2) is 0 Å². The smallest absolute Gasteiger partial charge is 0.0260 e. The lowest BCUT2D eigenvalue weighted by Crippen LogP contribution is -1.79. The van der Waals surface area contributed by atoms with Gasteiger partial charge >= 0.3 is 0 Å². The van der Waals surface area contributed by atoms with Gasteiger partial charge in [0.2, 0.25) is 0 Å². The van der Waals surface area contributed by atoms with E-state index in [0.29, 0.717) is 0 Å². The van der Waals surface area contributed by atoms with E-state index in [1.807, 2.05) is 6.08 Å². The van der Waals surface area contributed by atoms with E-state index in [-0.39, 0.29) is 0 Å². The van der Waals surface area contributed by atoms with E-state index >= 15 is 0 Å². The van der Waals surface area contributed by atoms with Gasteiger partial charge in [-0.1, -0.05) is 64.1 Å². The van der Waals surface area contributed by atoms with E-state index in [1.165, 1.54) is 17.5 Å². The molecule has 0 saturated heterocycles. The molecule has 13 heavy (non-hydrogen) atoms. The van der Waals surface area contributed by atoms with Gasteiger partial charge in [-0.3, -0.25) is 0 Å². The second-order valence-corrected chi connectivity index (χ2v) is 3.01. The summed E-state index contributed by atoms with van der Waals surface area (Å²) >= 11 is 0. The maximum absolute atomic E-state index is 3.71. The van der Waals surface area contributed by atoms with Crippen molar-refractivity contribution in [2.75, 3.05) is 0 Å². The molecular formula is C13H20. The van der Waals surface area contributed by atoms with Crippen molar-refractivity contribution in [2.24, 2.45) is 0 Å². The van der Waals surface area contributed by atoms with Crippen LogP contribution in [0.4, 0.5) is 0 Å². The van der Waals surface area contributed by atoms with Crippen LogP contribution in [-0.2, 0) is 6.42 Å². The summed E-state index contributed by atoms with van der Waals surface area (Å²) in [7, 11) is 0. The van der Waals surface area contributed by atoms with Crippen molar-refractivity contribution in [3.05, 3.63) is 42.0 Å². The number of hydrogen-bond donors (Lipinski definition) is 0. The highest BCUT2D eigenvalue weighted by Crippen LogP contribution is 2.05. The Balaban J connectivity index is 0.000000424. The zero-order valence-electron chi connectivity index (χ0n) is 9.01. The van der Waals surface area contributed by atoms with E-state index in [2.05, 4.69) is 51.6 Å². The predicted molar refractivity (Wildman–Crippen MR) is 61.9 cm³/mol. The van der Waals surface area contributed by atoms with Crippen LogP contribution in [0.1, 0.15) is 38.3 Å². The molecule has 0 fully saturated rings. The first-order valence-electron chi connectivity index (χ1n) is 4.99. The molecule has 0 spiro atoms. The summed E-state index contributed by atoms with van der Waals surface area (Å²) in [6.45, 7) is 10.1. The second-order valence-electron chi connectivity index (χ2n) is 3.01. The summed E-state index contributed by atoms with van der Waals surface area (Å²) in [5, 5.41) is 0. The van der Waals surface area contributed by atoms with Crippen LogP contribution in [0.25, 0.3) is 6.08 Å². The Labute approximate surface area is 82.3 Å². The van der Waals surface area contributed by atoms with E-state index in [1.54, 1.807) is 0 Å². The van der Waals surface area contributed by atoms with Crippen molar-refractivity contribution < 1.29 is 0 Å². The van der Waals surface area contributed by atoms with Crippen molar-refractivity contribution in [3.8, 4) is 0 Å². The van der Waals surface area contributed by atoms with Crippen LogP contribution >= 0.6 is 0 Å². The summed E-state index contributed by atoms with van der Waals surface area (Å²) in [6, 6.07) is 8.42. The van der Waals surface area contributed by atoms with Crippen molar-refractivity contribution >= 4 is 6.08 Å². The van der Waals surface area contributed by atoms with Gasteiger partial charge in [-0.15, -0.1) is 0 Å². The highest BCUT2D eigenvalue weighted by Gasteiger charge is 1.87. The number of rotatable bonds is 2. The summed E-state index contributed by atoms with van der Waals surface area (Å²) in [6.07, 6.45) is 4.22. The fraction of sp³-hybridized carbons (Fsp3) is 0.385. The van der Waals surface area contributed by atoms with Crippen LogP contribution in [-0.4, -0.2) is 0 Å². The Bertz CT molecular complexity index is 236. The van der Waals surface area contributed by atoms with Crippen molar-refractivity contribution in [2.45, 2.75) is 33.6 Å². The number of aryl methyl sites for hydroxylation is 1. The molecule has 0 aliphatic heterocycles. The lowest BCUT2D eigenvalue weighted by atomic mass is 10.1. The van der Waals surface area contributed by atoms with E-state index in [0.717, 1.165) is 6.42 Å². The SMILES string of the molecule is C=Cc1cccc(CC)c1.CCC.